The molecule has 8 heteroatoms. The quantitative estimate of drug-likeness (QED) is 0.259. The lowest BCUT2D eigenvalue weighted by Crippen LogP contribution is -2.16. The van der Waals surface area contributed by atoms with Gasteiger partial charge in [-0.2, -0.15) is 0 Å². The van der Waals surface area contributed by atoms with Gasteiger partial charge in [0.05, 0.1) is 18.0 Å². The molecule has 1 unspecified atom stereocenters. The topological polar surface area (TPSA) is 78.3 Å². The second kappa shape index (κ2) is 11.9. The van der Waals surface area contributed by atoms with Gasteiger partial charge in [-0.1, -0.05) is 62.9 Å². The van der Waals surface area contributed by atoms with Crippen LogP contribution in [0.1, 0.15) is 52.1 Å². The van der Waals surface area contributed by atoms with Gasteiger partial charge in [0.15, 0.2) is 17.1 Å². The molecule has 1 atom stereocenters. The molecule has 2 aromatic carbocycles. The van der Waals surface area contributed by atoms with E-state index in [0.29, 0.717) is 35.6 Å². The molecule has 0 spiro atoms. The van der Waals surface area contributed by atoms with Crippen molar-refractivity contribution < 1.29 is 14.3 Å². The van der Waals surface area contributed by atoms with Gasteiger partial charge in [0, 0.05) is 6.54 Å². The summed E-state index contributed by atoms with van der Waals surface area (Å²) >= 11 is 1.32. The van der Waals surface area contributed by atoms with Gasteiger partial charge in [0.25, 0.3) is 0 Å². The number of ether oxygens (including phenoxy) is 2. The molecule has 0 fully saturated rings. The SMILES string of the molecule is C=CCn1c(SCC(=O)Nc2ccccc2OCC)nnc1C(C)Oc1ccc(C(C)(C)C)cc1. The predicted octanol–water partition coefficient (Wildman–Crippen LogP) is 6.03. The molecule has 1 heterocycles. The van der Waals surface area contributed by atoms with Crippen LogP contribution in [0.5, 0.6) is 11.5 Å². The van der Waals surface area contributed by atoms with Gasteiger partial charge >= 0.3 is 0 Å². The lowest BCUT2D eigenvalue weighted by atomic mass is 9.87. The zero-order valence-corrected chi connectivity index (χ0v) is 21.9. The van der Waals surface area contributed by atoms with E-state index in [4.69, 9.17) is 9.47 Å². The number of nitrogens with zero attached hydrogens (tertiary/aromatic N) is 3. The van der Waals surface area contributed by atoms with Crippen molar-refractivity contribution in [1.82, 2.24) is 14.8 Å². The first-order valence-corrected chi connectivity index (χ1v) is 12.7. The van der Waals surface area contributed by atoms with E-state index in [0.717, 1.165) is 5.75 Å². The van der Waals surface area contributed by atoms with E-state index in [2.05, 4.69) is 55.0 Å². The summed E-state index contributed by atoms with van der Waals surface area (Å²) in [6, 6.07) is 15.5. The molecule has 1 amide bonds. The van der Waals surface area contributed by atoms with Gasteiger partial charge in [0.2, 0.25) is 5.91 Å². The summed E-state index contributed by atoms with van der Waals surface area (Å²) < 4.78 is 13.7. The van der Waals surface area contributed by atoms with Crippen molar-refractivity contribution in [3.8, 4) is 11.5 Å². The van der Waals surface area contributed by atoms with Gasteiger partial charge < -0.3 is 14.8 Å². The lowest BCUT2D eigenvalue weighted by molar-refractivity contribution is -0.113. The number of anilines is 1. The maximum atomic E-state index is 12.6. The highest BCUT2D eigenvalue weighted by molar-refractivity contribution is 7.99. The normalized spacial score (nSPS) is 12.1. The van der Waals surface area contributed by atoms with E-state index in [1.54, 1.807) is 6.08 Å². The molecule has 0 saturated carbocycles. The number of carbonyl (C=O) groups excluding carboxylic acids is 1. The molecule has 186 valence electrons. The fourth-order valence-electron chi connectivity index (χ4n) is 3.47. The summed E-state index contributed by atoms with van der Waals surface area (Å²) in [4.78, 5) is 12.6. The van der Waals surface area contributed by atoms with Crippen LogP contribution in [0.3, 0.4) is 0 Å². The number of aromatic nitrogens is 3. The summed E-state index contributed by atoms with van der Waals surface area (Å²) in [5.74, 6) is 2.11. The maximum absolute atomic E-state index is 12.6. The third kappa shape index (κ3) is 7.11. The van der Waals surface area contributed by atoms with E-state index in [1.807, 2.05) is 54.8 Å². The van der Waals surface area contributed by atoms with Crippen LogP contribution in [0, 0.1) is 0 Å². The Morgan fingerprint density at radius 3 is 2.54 bits per heavy atom. The van der Waals surface area contributed by atoms with Crippen LogP contribution in [0.15, 0.2) is 66.3 Å². The Morgan fingerprint density at radius 2 is 1.89 bits per heavy atom. The van der Waals surface area contributed by atoms with E-state index >= 15 is 0 Å². The number of amides is 1. The van der Waals surface area contributed by atoms with Gasteiger partial charge in [-0.15, -0.1) is 16.8 Å². The van der Waals surface area contributed by atoms with Crippen LogP contribution >= 0.6 is 11.8 Å². The molecule has 0 aliphatic heterocycles. The first-order chi connectivity index (χ1) is 16.7. The number of allylic oxidation sites excluding steroid dienone is 1. The van der Waals surface area contributed by atoms with Gasteiger partial charge in [-0.3, -0.25) is 9.36 Å². The Morgan fingerprint density at radius 1 is 1.17 bits per heavy atom. The van der Waals surface area contributed by atoms with Crippen LogP contribution in [-0.4, -0.2) is 33.0 Å². The zero-order valence-electron chi connectivity index (χ0n) is 21.1. The summed E-state index contributed by atoms with van der Waals surface area (Å²) in [6.45, 7) is 15.3. The molecular formula is C27H34N4O3S. The zero-order chi connectivity index (χ0) is 25.4. The van der Waals surface area contributed by atoms with Crippen LogP contribution in [0.2, 0.25) is 0 Å². The molecule has 3 rings (SSSR count). The first kappa shape index (κ1) is 26.3. The molecule has 0 aliphatic rings. The summed E-state index contributed by atoms with van der Waals surface area (Å²) in [5, 5.41) is 12.2. The second-order valence-electron chi connectivity index (χ2n) is 9.04. The highest BCUT2D eigenvalue weighted by Gasteiger charge is 2.20. The van der Waals surface area contributed by atoms with Crippen molar-refractivity contribution >= 4 is 23.4 Å². The molecule has 0 radical (unpaired) electrons. The fraction of sp³-hybridized carbons (Fsp3) is 0.370. The van der Waals surface area contributed by atoms with Crippen molar-refractivity contribution in [2.24, 2.45) is 0 Å². The Balaban J connectivity index is 1.67. The fourth-order valence-corrected chi connectivity index (χ4v) is 4.22. The smallest absolute Gasteiger partial charge is 0.234 e. The largest absolute Gasteiger partial charge is 0.492 e. The Hall–Kier alpha value is -3.26. The number of hydrogen-bond donors (Lipinski definition) is 1. The number of nitrogens with one attached hydrogen (secondary N) is 1. The molecule has 1 N–H and O–H groups in total. The Bertz CT molecular complexity index is 1140. The van der Waals surface area contributed by atoms with E-state index in [9.17, 15) is 4.79 Å². The average molecular weight is 495 g/mol. The molecule has 7 nitrogen and oxygen atoms in total. The number of thioether (sulfide) groups is 1. The van der Waals surface area contributed by atoms with Crippen molar-refractivity contribution in [1.29, 1.82) is 0 Å². The van der Waals surface area contributed by atoms with Gasteiger partial charge in [0.1, 0.15) is 11.5 Å². The molecule has 35 heavy (non-hydrogen) atoms. The highest BCUT2D eigenvalue weighted by Crippen LogP contribution is 2.28. The van der Waals surface area contributed by atoms with E-state index in [1.165, 1.54) is 17.3 Å². The minimum Gasteiger partial charge on any atom is -0.492 e. The molecule has 0 bridgehead atoms. The summed E-state index contributed by atoms with van der Waals surface area (Å²) in [5.41, 5.74) is 1.97. The molecule has 3 aromatic rings. The van der Waals surface area contributed by atoms with Crippen LogP contribution in [0.25, 0.3) is 0 Å². The Kier molecular flexibility index (Phi) is 8.98. The summed E-state index contributed by atoms with van der Waals surface area (Å²) in [6.07, 6.45) is 1.45. The standard InChI is InChI=1S/C27H34N4O3S/c1-7-17-31-25(19(3)34-21-15-13-20(14-16-21)27(4,5)6)29-30-26(31)35-18-24(32)28-22-11-9-10-12-23(22)33-8-2/h7,9-16,19H,1,8,17-18H2,2-6H3,(H,28,32). The van der Waals surface area contributed by atoms with Crippen molar-refractivity contribution in [2.75, 3.05) is 17.7 Å². The van der Waals surface area contributed by atoms with Crippen LogP contribution < -0.4 is 14.8 Å². The monoisotopic (exact) mass is 494 g/mol. The van der Waals surface area contributed by atoms with Gasteiger partial charge in [-0.25, -0.2) is 0 Å². The van der Waals surface area contributed by atoms with Crippen LogP contribution in [-0.2, 0) is 16.8 Å². The second-order valence-corrected chi connectivity index (χ2v) is 9.98. The third-order valence-electron chi connectivity index (χ3n) is 5.25. The average Bonchev–Trinajstić information content (AvgIpc) is 3.22. The molecule has 1 aromatic heterocycles. The lowest BCUT2D eigenvalue weighted by Gasteiger charge is -2.20. The third-order valence-corrected chi connectivity index (χ3v) is 6.21. The maximum Gasteiger partial charge on any atom is 0.234 e. The number of para-hydroxylation sites is 2. The van der Waals surface area contributed by atoms with Crippen molar-refractivity contribution in [2.45, 2.75) is 57.8 Å². The highest BCUT2D eigenvalue weighted by atomic mass is 32.2. The van der Waals surface area contributed by atoms with Crippen molar-refractivity contribution in [3.63, 3.8) is 0 Å². The minimum absolute atomic E-state index is 0.0812. The molecule has 0 saturated heterocycles. The molecular weight excluding hydrogens is 460 g/mol. The van der Waals surface area contributed by atoms with Gasteiger partial charge in [-0.05, 0) is 49.1 Å². The first-order valence-electron chi connectivity index (χ1n) is 11.7. The van der Waals surface area contributed by atoms with Crippen LogP contribution in [0.4, 0.5) is 5.69 Å². The van der Waals surface area contributed by atoms with E-state index in [-0.39, 0.29) is 23.2 Å². The number of carbonyl (C=O) groups is 1. The number of rotatable bonds is 11. The van der Waals surface area contributed by atoms with E-state index < -0.39 is 0 Å². The van der Waals surface area contributed by atoms with Crippen molar-refractivity contribution in [3.05, 3.63) is 72.6 Å². The Labute approximate surface area is 211 Å². The number of benzene rings is 2. The predicted molar refractivity (Wildman–Crippen MR) is 141 cm³/mol. The molecule has 0 aliphatic carbocycles. The minimum atomic E-state index is -0.329. The summed E-state index contributed by atoms with van der Waals surface area (Å²) in [7, 11) is 0. The number of hydrogen-bond acceptors (Lipinski definition) is 6.